The summed E-state index contributed by atoms with van der Waals surface area (Å²) in [5.41, 5.74) is 0.572. The number of halogens is 1. The van der Waals surface area contributed by atoms with Crippen LogP contribution in [0.3, 0.4) is 0 Å². The SMILES string of the molecule is COC(=O)C(O)C(O)c1ccc(Cl)cc1CO. The highest BCUT2D eigenvalue weighted by Gasteiger charge is 2.28. The lowest BCUT2D eigenvalue weighted by molar-refractivity contribution is -0.156. The highest BCUT2D eigenvalue weighted by Crippen LogP contribution is 2.25. The van der Waals surface area contributed by atoms with Crippen molar-refractivity contribution in [3.05, 3.63) is 34.3 Å². The molecule has 6 heteroatoms. The molecule has 0 saturated carbocycles. The number of rotatable bonds is 4. The van der Waals surface area contributed by atoms with Crippen molar-refractivity contribution in [2.45, 2.75) is 18.8 Å². The highest BCUT2D eigenvalue weighted by molar-refractivity contribution is 6.30. The Hall–Kier alpha value is -1.14. The molecule has 2 atom stereocenters. The molecule has 1 rings (SSSR count). The van der Waals surface area contributed by atoms with E-state index in [0.29, 0.717) is 10.6 Å². The van der Waals surface area contributed by atoms with Crippen LogP contribution in [0.2, 0.25) is 5.02 Å². The van der Waals surface area contributed by atoms with E-state index in [1.54, 1.807) is 0 Å². The van der Waals surface area contributed by atoms with Crippen molar-refractivity contribution in [2.24, 2.45) is 0 Å². The van der Waals surface area contributed by atoms with E-state index < -0.39 is 18.2 Å². The number of carbonyl (C=O) groups is 1. The fourth-order valence-corrected chi connectivity index (χ4v) is 1.61. The van der Waals surface area contributed by atoms with Crippen molar-refractivity contribution < 1.29 is 24.9 Å². The largest absolute Gasteiger partial charge is 0.467 e. The molecule has 0 aromatic heterocycles. The van der Waals surface area contributed by atoms with Crippen molar-refractivity contribution >= 4 is 17.6 Å². The number of hydrogen-bond donors (Lipinski definition) is 3. The molecule has 5 nitrogen and oxygen atoms in total. The monoisotopic (exact) mass is 260 g/mol. The smallest absolute Gasteiger partial charge is 0.337 e. The Labute approximate surface area is 103 Å². The first-order chi connectivity index (χ1) is 8.01. The van der Waals surface area contributed by atoms with Gasteiger partial charge in [0.05, 0.1) is 13.7 Å². The Morgan fingerprint density at radius 2 is 2.12 bits per heavy atom. The fraction of sp³-hybridized carbons (Fsp3) is 0.364. The number of esters is 1. The van der Waals surface area contributed by atoms with Crippen LogP contribution < -0.4 is 0 Å². The zero-order valence-corrected chi connectivity index (χ0v) is 9.89. The molecular weight excluding hydrogens is 248 g/mol. The second kappa shape index (κ2) is 5.97. The first kappa shape index (κ1) is 13.9. The lowest BCUT2D eigenvalue weighted by Gasteiger charge is -2.18. The normalized spacial score (nSPS) is 14.2. The number of ether oxygens (including phenoxy) is 1. The summed E-state index contributed by atoms with van der Waals surface area (Å²) in [5.74, 6) is -0.948. The maximum absolute atomic E-state index is 11.1. The van der Waals surface area contributed by atoms with E-state index in [9.17, 15) is 15.0 Å². The van der Waals surface area contributed by atoms with Gasteiger partial charge in [-0.15, -0.1) is 0 Å². The van der Waals surface area contributed by atoms with Gasteiger partial charge in [0.2, 0.25) is 0 Å². The molecule has 0 saturated heterocycles. The summed E-state index contributed by atoms with van der Waals surface area (Å²) in [4.78, 5) is 11.1. The molecule has 1 aromatic rings. The van der Waals surface area contributed by atoms with E-state index in [-0.39, 0.29) is 12.2 Å². The third kappa shape index (κ3) is 3.17. The van der Waals surface area contributed by atoms with Crippen molar-refractivity contribution in [1.82, 2.24) is 0 Å². The zero-order valence-electron chi connectivity index (χ0n) is 9.13. The molecular formula is C11H13ClO5. The minimum Gasteiger partial charge on any atom is -0.467 e. The first-order valence-corrected chi connectivity index (χ1v) is 5.22. The van der Waals surface area contributed by atoms with Gasteiger partial charge >= 0.3 is 5.97 Å². The molecule has 0 aliphatic heterocycles. The van der Waals surface area contributed by atoms with E-state index in [1.807, 2.05) is 0 Å². The van der Waals surface area contributed by atoms with Crippen LogP contribution in [0.1, 0.15) is 17.2 Å². The predicted molar refractivity (Wildman–Crippen MR) is 60.4 cm³/mol. The van der Waals surface area contributed by atoms with Crippen LogP contribution in [-0.2, 0) is 16.1 Å². The molecule has 17 heavy (non-hydrogen) atoms. The van der Waals surface area contributed by atoms with Gasteiger partial charge < -0.3 is 20.1 Å². The van der Waals surface area contributed by atoms with E-state index in [4.69, 9.17) is 16.7 Å². The summed E-state index contributed by atoms with van der Waals surface area (Å²) in [6.07, 6.45) is -3.17. The van der Waals surface area contributed by atoms with Gasteiger partial charge in [0.15, 0.2) is 6.10 Å². The number of aliphatic hydroxyl groups is 3. The predicted octanol–water partition coefficient (Wildman–Crippen LogP) is 0.400. The molecule has 0 fully saturated rings. The standard InChI is InChI=1S/C11H13ClO5/c1-17-11(16)10(15)9(14)8-3-2-7(12)4-6(8)5-13/h2-4,9-10,13-15H,5H2,1H3. The van der Waals surface area contributed by atoms with Crippen molar-refractivity contribution in [3.63, 3.8) is 0 Å². The summed E-state index contributed by atoms with van der Waals surface area (Å²) in [6.45, 7) is -0.360. The number of methoxy groups -OCH3 is 1. The summed E-state index contributed by atoms with van der Waals surface area (Å²) in [7, 11) is 1.10. The van der Waals surface area contributed by atoms with Crippen LogP contribution in [0.15, 0.2) is 18.2 Å². The fourth-order valence-electron chi connectivity index (χ4n) is 1.42. The Morgan fingerprint density at radius 3 is 2.65 bits per heavy atom. The van der Waals surface area contributed by atoms with Gasteiger partial charge in [-0.1, -0.05) is 17.7 Å². The second-order valence-corrected chi connectivity index (χ2v) is 3.85. The summed E-state index contributed by atoms with van der Waals surface area (Å²) >= 11 is 5.72. The van der Waals surface area contributed by atoms with Crippen LogP contribution in [0, 0.1) is 0 Å². The molecule has 1 aromatic carbocycles. The molecule has 0 amide bonds. The van der Waals surface area contributed by atoms with Gasteiger partial charge in [-0.2, -0.15) is 0 Å². The molecule has 94 valence electrons. The van der Waals surface area contributed by atoms with Crippen molar-refractivity contribution in [2.75, 3.05) is 7.11 Å². The van der Waals surface area contributed by atoms with Gasteiger partial charge in [-0.05, 0) is 23.3 Å². The molecule has 0 radical (unpaired) electrons. The first-order valence-electron chi connectivity index (χ1n) is 4.84. The summed E-state index contributed by atoms with van der Waals surface area (Å²) in [5, 5.41) is 28.8. The van der Waals surface area contributed by atoms with Crippen LogP contribution in [0.4, 0.5) is 0 Å². The van der Waals surface area contributed by atoms with Gasteiger partial charge in [-0.25, -0.2) is 4.79 Å². The lowest BCUT2D eigenvalue weighted by Crippen LogP contribution is -2.29. The van der Waals surface area contributed by atoms with E-state index >= 15 is 0 Å². The Morgan fingerprint density at radius 1 is 1.47 bits per heavy atom. The van der Waals surface area contributed by atoms with Crippen LogP contribution in [-0.4, -0.2) is 34.5 Å². The van der Waals surface area contributed by atoms with E-state index in [2.05, 4.69) is 4.74 Å². The molecule has 0 aliphatic carbocycles. The molecule has 0 heterocycles. The number of carbonyl (C=O) groups excluding carboxylic acids is 1. The summed E-state index contributed by atoms with van der Waals surface area (Å²) < 4.78 is 4.31. The lowest BCUT2D eigenvalue weighted by atomic mass is 9.99. The maximum atomic E-state index is 11.1. The molecule has 3 N–H and O–H groups in total. The maximum Gasteiger partial charge on any atom is 0.337 e. The molecule has 2 unspecified atom stereocenters. The minimum absolute atomic E-state index is 0.231. The Bertz CT molecular complexity index is 407. The third-order valence-electron chi connectivity index (χ3n) is 2.34. The van der Waals surface area contributed by atoms with Gasteiger partial charge in [0.25, 0.3) is 0 Å². The van der Waals surface area contributed by atoms with Crippen LogP contribution >= 0.6 is 11.6 Å². The number of aliphatic hydroxyl groups excluding tert-OH is 3. The van der Waals surface area contributed by atoms with Crippen LogP contribution in [0.5, 0.6) is 0 Å². The second-order valence-electron chi connectivity index (χ2n) is 3.41. The molecule has 0 spiro atoms. The minimum atomic E-state index is -1.70. The average molecular weight is 261 g/mol. The Balaban J connectivity index is 3.03. The molecule has 0 aliphatic rings. The number of benzene rings is 1. The Kier molecular flexibility index (Phi) is 4.89. The summed E-state index contributed by atoms with van der Waals surface area (Å²) in [6, 6.07) is 4.37. The topological polar surface area (TPSA) is 87.0 Å². The van der Waals surface area contributed by atoms with Crippen molar-refractivity contribution in [1.29, 1.82) is 0 Å². The van der Waals surface area contributed by atoms with E-state index in [1.165, 1.54) is 18.2 Å². The number of hydrogen-bond acceptors (Lipinski definition) is 5. The van der Waals surface area contributed by atoms with Crippen LogP contribution in [0.25, 0.3) is 0 Å². The van der Waals surface area contributed by atoms with Gasteiger partial charge in [0, 0.05) is 5.02 Å². The van der Waals surface area contributed by atoms with E-state index in [0.717, 1.165) is 7.11 Å². The quantitative estimate of drug-likeness (QED) is 0.682. The highest BCUT2D eigenvalue weighted by atomic mass is 35.5. The van der Waals surface area contributed by atoms with Crippen molar-refractivity contribution in [3.8, 4) is 0 Å². The average Bonchev–Trinajstić information content (AvgIpc) is 2.35. The van der Waals surface area contributed by atoms with Gasteiger partial charge in [-0.3, -0.25) is 0 Å². The zero-order chi connectivity index (χ0) is 13.0. The third-order valence-corrected chi connectivity index (χ3v) is 2.57. The van der Waals surface area contributed by atoms with Gasteiger partial charge in [0.1, 0.15) is 6.10 Å². The molecule has 0 bridgehead atoms.